The van der Waals surface area contributed by atoms with Crippen molar-refractivity contribution in [2.24, 2.45) is 0 Å². The Labute approximate surface area is 121 Å². The molecule has 21 heavy (non-hydrogen) atoms. The minimum Gasteiger partial charge on any atom is -0.484 e. The van der Waals surface area contributed by atoms with Crippen molar-refractivity contribution in [3.8, 4) is 5.75 Å². The SMILES string of the molecule is COCC(CCO)NC(=O)COc1cccc([N+](=O)[O-])c1. The molecule has 0 aliphatic carbocycles. The number of nitro benzene ring substituents is 1. The molecule has 1 unspecified atom stereocenters. The topological polar surface area (TPSA) is 111 Å². The molecule has 0 bridgehead atoms. The Morgan fingerprint density at radius 3 is 2.90 bits per heavy atom. The molecule has 8 heteroatoms. The van der Waals surface area contributed by atoms with Gasteiger partial charge in [0.2, 0.25) is 0 Å². The highest BCUT2D eigenvalue weighted by atomic mass is 16.6. The first-order chi connectivity index (χ1) is 10.1. The summed E-state index contributed by atoms with van der Waals surface area (Å²) < 4.78 is 10.1. The molecule has 0 saturated carbocycles. The zero-order valence-electron chi connectivity index (χ0n) is 11.7. The quantitative estimate of drug-likeness (QED) is 0.507. The maximum Gasteiger partial charge on any atom is 0.273 e. The fourth-order valence-electron chi connectivity index (χ4n) is 1.66. The summed E-state index contributed by atoms with van der Waals surface area (Å²) in [4.78, 5) is 21.8. The number of nitro groups is 1. The second-order valence-electron chi connectivity index (χ2n) is 4.28. The van der Waals surface area contributed by atoms with Crippen LogP contribution in [0.5, 0.6) is 5.75 Å². The van der Waals surface area contributed by atoms with Gasteiger partial charge in [0.1, 0.15) is 5.75 Å². The van der Waals surface area contributed by atoms with E-state index in [1.807, 2.05) is 0 Å². The normalized spacial score (nSPS) is 11.7. The van der Waals surface area contributed by atoms with Gasteiger partial charge in [-0.05, 0) is 12.5 Å². The van der Waals surface area contributed by atoms with Crippen molar-refractivity contribution in [1.82, 2.24) is 5.32 Å². The standard InChI is InChI=1S/C13H18N2O6/c1-20-8-10(5-6-16)14-13(17)9-21-12-4-2-3-11(7-12)15(18)19/h2-4,7,10,16H,5-6,8-9H2,1H3,(H,14,17). The van der Waals surface area contributed by atoms with Gasteiger partial charge in [-0.25, -0.2) is 0 Å². The van der Waals surface area contributed by atoms with Crippen molar-refractivity contribution < 1.29 is 24.3 Å². The van der Waals surface area contributed by atoms with Crippen LogP contribution in [-0.4, -0.2) is 48.9 Å². The second-order valence-corrected chi connectivity index (χ2v) is 4.28. The van der Waals surface area contributed by atoms with Crippen molar-refractivity contribution in [1.29, 1.82) is 0 Å². The van der Waals surface area contributed by atoms with Crippen LogP contribution in [0.15, 0.2) is 24.3 Å². The van der Waals surface area contributed by atoms with Gasteiger partial charge in [-0.1, -0.05) is 6.07 Å². The molecule has 0 radical (unpaired) electrons. The van der Waals surface area contributed by atoms with E-state index in [9.17, 15) is 14.9 Å². The molecule has 1 aromatic carbocycles. The fraction of sp³-hybridized carbons (Fsp3) is 0.462. The number of benzene rings is 1. The third kappa shape index (κ3) is 6.19. The summed E-state index contributed by atoms with van der Waals surface area (Å²) in [6, 6.07) is 5.28. The number of aliphatic hydroxyl groups is 1. The van der Waals surface area contributed by atoms with E-state index in [2.05, 4.69) is 5.32 Å². The summed E-state index contributed by atoms with van der Waals surface area (Å²) in [5.74, 6) is -0.151. The Kier molecular flexibility index (Phi) is 7.13. The number of ether oxygens (including phenoxy) is 2. The number of non-ortho nitro benzene ring substituents is 1. The van der Waals surface area contributed by atoms with Gasteiger partial charge in [0, 0.05) is 19.8 Å². The van der Waals surface area contributed by atoms with Crippen LogP contribution in [0.4, 0.5) is 5.69 Å². The summed E-state index contributed by atoms with van der Waals surface area (Å²) in [6.07, 6.45) is 0.371. The molecule has 2 N–H and O–H groups in total. The molecule has 0 aliphatic rings. The molecule has 116 valence electrons. The van der Waals surface area contributed by atoms with E-state index in [0.717, 1.165) is 0 Å². The predicted molar refractivity (Wildman–Crippen MR) is 74.1 cm³/mol. The van der Waals surface area contributed by atoms with Crippen LogP contribution in [0.25, 0.3) is 0 Å². The van der Waals surface area contributed by atoms with Gasteiger partial charge in [-0.15, -0.1) is 0 Å². The Balaban J connectivity index is 2.48. The van der Waals surface area contributed by atoms with Crippen LogP contribution < -0.4 is 10.1 Å². The number of rotatable bonds is 9. The highest BCUT2D eigenvalue weighted by Gasteiger charge is 2.13. The van der Waals surface area contributed by atoms with E-state index in [1.54, 1.807) is 0 Å². The third-order valence-corrected chi connectivity index (χ3v) is 2.61. The molecule has 0 heterocycles. The van der Waals surface area contributed by atoms with Gasteiger partial charge >= 0.3 is 0 Å². The van der Waals surface area contributed by atoms with Crippen LogP contribution in [0, 0.1) is 10.1 Å². The Morgan fingerprint density at radius 2 is 2.29 bits per heavy atom. The molecule has 0 fully saturated rings. The molecule has 1 rings (SSSR count). The number of amides is 1. The number of methoxy groups -OCH3 is 1. The Bertz CT molecular complexity index is 473. The van der Waals surface area contributed by atoms with Crippen LogP contribution >= 0.6 is 0 Å². The monoisotopic (exact) mass is 298 g/mol. The first kappa shape index (κ1) is 16.9. The highest BCUT2D eigenvalue weighted by molar-refractivity contribution is 5.77. The summed E-state index contributed by atoms with van der Waals surface area (Å²) in [5.41, 5.74) is -0.106. The zero-order valence-corrected chi connectivity index (χ0v) is 11.7. The maximum atomic E-state index is 11.7. The smallest absolute Gasteiger partial charge is 0.273 e. The number of nitrogens with zero attached hydrogens (tertiary/aromatic N) is 1. The summed E-state index contributed by atoms with van der Waals surface area (Å²) >= 11 is 0. The maximum absolute atomic E-state index is 11.7. The van der Waals surface area contributed by atoms with Gasteiger partial charge in [-0.3, -0.25) is 14.9 Å². The fourth-order valence-corrected chi connectivity index (χ4v) is 1.66. The summed E-state index contributed by atoms with van der Waals surface area (Å²) in [5, 5.41) is 22.1. The number of nitrogens with one attached hydrogen (secondary N) is 1. The van der Waals surface area contributed by atoms with Crippen LogP contribution in [0.1, 0.15) is 6.42 Å². The minimum absolute atomic E-state index is 0.0694. The van der Waals surface area contributed by atoms with Crippen LogP contribution in [0.2, 0.25) is 0 Å². The molecule has 0 saturated heterocycles. The first-order valence-corrected chi connectivity index (χ1v) is 6.33. The van der Waals surface area contributed by atoms with Crippen molar-refractivity contribution in [3.63, 3.8) is 0 Å². The zero-order chi connectivity index (χ0) is 15.7. The van der Waals surface area contributed by atoms with Gasteiger partial charge in [-0.2, -0.15) is 0 Å². The summed E-state index contributed by atoms with van der Waals surface area (Å²) in [6.45, 7) is -0.0596. The molecular weight excluding hydrogens is 280 g/mol. The number of hydrogen-bond acceptors (Lipinski definition) is 6. The van der Waals surface area contributed by atoms with Gasteiger partial charge in [0.15, 0.2) is 6.61 Å². The number of aliphatic hydroxyl groups excluding tert-OH is 1. The summed E-state index contributed by atoms with van der Waals surface area (Å²) in [7, 11) is 1.50. The third-order valence-electron chi connectivity index (χ3n) is 2.61. The molecule has 1 amide bonds. The molecule has 1 aromatic rings. The van der Waals surface area contributed by atoms with E-state index in [0.29, 0.717) is 6.42 Å². The van der Waals surface area contributed by atoms with Crippen molar-refractivity contribution in [3.05, 3.63) is 34.4 Å². The molecule has 0 spiro atoms. The van der Waals surface area contributed by atoms with Crippen LogP contribution in [0.3, 0.4) is 0 Å². The van der Waals surface area contributed by atoms with E-state index in [1.165, 1.54) is 31.4 Å². The average molecular weight is 298 g/mol. The minimum atomic E-state index is -0.539. The lowest BCUT2D eigenvalue weighted by Crippen LogP contribution is -2.41. The van der Waals surface area contributed by atoms with E-state index < -0.39 is 10.8 Å². The van der Waals surface area contributed by atoms with Gasteiger partial charge in [0.05, 0.1) is 23.6 Å². The van der Waals surface area contributed by atoms with Gasteiger partial charge < -0.3 is 19.9 Å². The van der Waals surface area contributed by atoms with E-state index in [-0.39, 0.29) is 37.3 Å². The largest absolute Gasteiger partial charge is 0.484 e. The predicted octanol–water partition coefficient (Wildman–Crippen LogP) is 0.487. The number of carbonyl (C=O) groups excluding carboxylic acids is 1. The lowest BCUT2D eigenvalue weighted by molar-refractivity contribution is -0.384. The van der Waals surface area contributed by atoms with Crippen molar-refractivity contribution >= 4 is 11.6 Å². The van der Waals surface area contributed by atoms with E-state index in [4.69, 9.17) is 14.6 Å². The van der Waals surface area contributed by atoms with Crippen LogP contribution in [-0.2, 0) is 9.53 Å². The lowest BCUT2D eigenvalue weighted by atomic mass is 10.2. The molecule has 0 aliphatic heterocycles. The second kappa shape index (κ2) is 8.88. The Hall–Kier alpha value is -2.19. The molecule has 1 atom stereocenters. The first-order valence-electron chi connectivity index (χ1n) is 6.33. The molecule has 8 nitrogen and oxygen atoms in total. The average Bonchev–Trinajstić information content (AvgIpc) is 2.46. The van der Waals surface area contributed by atoms with Crippen molar-refractivity contribution in [2.45, 2.75) is 12.5 Å². The Morgan fingerprint density at radius 1 is 1.52 bits per heavy atom. The number of carbonyl (C=O) groups is 1. The lowest BCUT2D eigenvalue weighted by Gasteiger charge is -2.16. The molecular formula is C13H18N2O6. The van der Waals surface area contributed by atoms with E-state index >= 15 is 0 Å². The molecule has 0 aromatic heterocycles. The van der Waals surface area contributed by atoms with Gasteiger partial charge in [0.25, 0.3) is 11.6 Å². The highest BCUT2D eigenvalue weighted by Crippen LogP contribution is 2.18. The van der Waals surface area contributed by atoms with Crippen molar-refractivity contribution in [2.75, 3.05) is 26.9 Å². The number of hydrogen-bond donors (Lipinski definition) is 2.